The number of aryl methyl sites for hydroxylation is 1. The van der Waals surface area contributed by atoms with Gasteiger partial charge in [-0.25, -0.2) is 13.4 Å². The minimum absolute atomic E-state index is 0.0836. The summed E-state index contributed by atoms with van der Waals surface area (Å²) in [5.74, 6) is 0.497. The number of hydrogen-bond donors (Lipinski definition) is 1. The van der Waals surface area contributed by atoms with E-state index in [4.69, 9.17) is 4.74 Å². The number of hydrogen-bond acceptors (Lipinski definition) is 5. The van der Waals surface area contributed by atoms with Crippen LogP contribution in [0.2, 0.25) is 0 Å². The van der Waals surface area contributed by atoms with Crippen molar-refractivity contribution in [1.29, 1.82) is 0 Å². The van der Waals surface area contributed by atoms with Crippen LogP contribution >= 0.6 is 0 Å². The summed E-state index contributed by atoms with van der Waals surface area (Å²) in [5.41, 5.74) is 0.526. The second kappa shape index (κ2) is 9.96. The molecule has 9 heteroatoms. The Bertz CT molecular complexity index is 822. The van der Waals surface area contributed by atoms with Gasteiger partial charge >= 0.3 is 0 Å². The highest BCUT2D eigenvalue weighted by atomic mass is 32.2. The van der Waals surface area contributed by atoms with Crippen molar-refractivity contribution in [3.8, 4) is 5.75 Å². The van der Waals surface area contributed by atoms with Crippen LogP contribution in [0.3, 0.4) is 0 Å². The standard InChI is InChI=1S/C18H26N4O4S/c1-26-17-7-3-6-16(14-17)22(27(2,24)25)12-4-8-18(23)20-9-5-11-21-13-10-19-15-21/h3,6-7,10,13-15H,4-5,8-9,11-12H2,1-2H3,(H,20,23). The quantitative estimate of drug-likeness (QED) is 0.585. The molecule has 0 fully saturated rings. The molecule has 0 unspecified atom stereocenters. The Kier molecular flexibility index (Phi) is 7.66. The Balaban J connectivity index is 1.78. The molecule has 1 heterocycles. The molecule has 0 aliphatic heterocycles. The topological polar surface area (TPSA) is 93.5 Å². The van der Waals surface area contributed by atoms with E-state index in [0.717, 1.165) is 19.2 Å². The van der Waals surface area contributed by atoms with Crippen molar-refractivity contribution in [3.63, 3.8) is 0 Å². The van der Waals surface area contributed by atoms with Crippen molar-refractivity contribution in [2.24, 2.45) is 0 Å². The molecule has 0 aliphatic carbocycles. The molecule has 8 nitrogen and oxygen atoms in total. The number of carbonyl (C=O) groups is 1. The van der Waals surface area contributed by atoms with Crippen molar-refractivity contribution < 1.29 is 17.9 Å². The fourth-order valence-electron chi connectivity index (χ4n) is 2.63. The van der Waals surface area contributed by atoms with Crippen LogP contribution < -0.4 is 14.4 Å². The number of anilines is 1. The van der Waals surface area contributed by atoms with Crippen molar-refractivity contribution in [1.82, 2.24) is 14.9 Å². The van der Waals surface area contributed by atoms with Gasteiger partial charge < -0.3 is 14.6 Å². The third-order valence-electron chi connectivity index (χ3n) is 3.98. The molecule has 2 aromatic rings. The molecule has 27 heavy (non-hydrogen) atoms. The molecule has 0 bridgehead atoms. The second-order valence-electron chi connectivity index (χ2n) is 6.14. The summed E-state index contributed by atoms with van der Waals surface area (Å²) in [5, 5.41) is 2.85. The van der Waals surface area contributed by atoms with Gasteiger partial charge in [0.2, 0.25) is 15.9 Å². The molecule has 1 aromatic heterocycles. The maximum absolute atomic E-state index is 12.1. The number of rotatable bonds is 11. The number of aromatic nitrogens is 2. The van der Waals surface area contributed by atoms with Crippen LogP contribution in [-0.4, -0.2) is 50.3 Å². The third-order valence-corrected chi connectivity index (χ3v) is 5.18. The molecule has 0 aliphatic rings. The van der Waals surface area contributed by atoms with Gasteiger partial charge in [-0.1, -0.05) is 6.07 Å². The molecule has 1 N–H and O–H groups in total. The zero-order chi connectivity index (χ0) is 19.7. The number of benzene rings is 1. The zero-order valence-electron chi connectivity index (χ0n) is 15.7. The summed E-state index contributed by atoms with van der Waals surface area (Å²) in [6.07, 6.45) is 7.98. The third kappa shape index (κ3) is 6.93. The first kappa shape index (κ1) is 20.8. The molecular formula is C18H26N4O4S. The summed E-state index contributed by atoms with van der Waals surface area (Å²) in [4.78, 5) is 15.9. The van der Waals surface area contributed by atoms with Crippen LogP contribution in [0.1, 0.15) is 19.3 Å². The highest BCUT2D eigenvalue weighted by Crippen LogP contribution is 2.23. The predicted octanol–water partition coefficient (Wildman–Crippen LogP) is 1.64. The van der Waals surface area contributed by atoms with E-state index in [1.165, 1.54) is 11.4 Å². The van der Waals surface area contributed by atoms with E-state index in [1.54, 1.807) is 36.8 Å². The lowest BCUT2D eigenvalue weighted by molar-refractivity contribution is -0.121. The van der Waals surface area contributed by atoms with E-state index in [0.29, 0.717) is 24.4 Å². The van der Waals surface area contributed by atoms with Gasteiger partial charge in [-0.15, -0.1) is 0 Å². The van der Waals surface area contributed by atoms with Crippen LogP contribution in [-0.2, 0) is 21.4 Å². The van der Waals surface area contributed by atoms with Crippen LogP contribution in [0.25, 0.3) is 0 Å². The van der Waals surface area contributed by atoms with Crippen LogP contribution in [0, 0.1) is 0 Å². The van der Waals surface area contributed by atoms with E-state index in [2.05, 4.69) is 10.3 Å². The first-order valence-corrected chi connectivity index (χ1v) is 10.6. The predicted molar refractivity (Wildman–Crippen MR) is 104 cm³/mol. The minimum Gasteiger partial charge on any atom is -0.497 e. The van der Waals surface area contributed by atoms with E-state index >= 15 is 0 Å². The average molecular weight is 394 g/mol. The van der Waals surface area contributed by atoms with Gasteiger partial charge in [-0.3, -0.25) is 9.10 Å². The van der Waals surface area contributed by atoms with Crippen LogP contribution in [0.5, 0.6) is 5.75 Å². The number of carbonyl (C=O) groups excluding carboxylic acids is 1. The zero-order valence-corrected chi connectivity index (χ0v) is 16.5. The normalized spacial score (nSPS) is 11.2. The number of amides is 1. The van der Waals surface area contributed by atoms with Gasteiger partial charge in [0, 0.05) is 44.5 Å². The molecule has 2 rings (SSSR count). The van der Waals surface area contributed by atoms with E-state index in [9.17, 15) is 13.2 Å². The summed E-state index contributed by atoms with van der Waals surface area (Å²) in [6, 6.07) is 6.86. The molecule has 0 spiro atoms. The van der Waals surface area contributed by atoms with Crippen molar-refractivity contribution in [2.75, 3.05) is 30.8 Å². The lowest BCUT2D eigenvalue weighted by Gasteiger charge is -2.22. The Hall–Kier alpha value is -2.55. The SMILES string of the molecule is COc1cccc(N(CCCC(=O)NCCCn2ccnc2)S(C)(=O)=O)c1. The first-order valence-electron chi connectivity index (χ1n) is 8.74. The number of nitrogens with zero attached hydrogens (tertiary/aromatic N) is 3. The van der Waals surface area contributed by atoms with Gasteiger partial charge in [-0.2, -0.15) is 0 Å². The van der Waals surface area contributed by atoms with Gasteiger partial charge in [0.1, 0.15) is 5.75 Å². The van der Waals surface area contributed by atoms with E-state index < -0.39 is 10.0 Å². The molecule has 148 valence electrons. The number of sulfonamides is 1. The maximum atomic E-state index is 12.1. The monoisotopic (exact) mass is 394 g/mol. The van der Waals surface area contributed by atoms with Crippen molar-refractivity contribution in [3.05, 3.63) is 43.0 Å². The lowest BCUT2D eigenvalue weighted by atomic mass is 10.2. The van der Waals surface area contributed by atoms with Crippen molar-refractivity contribution in [2.45, 2.75) is 25.8 Å². The lowest BCUT2D eigenvalue weighted by Crippen LogP contribution is -2.32. The largest absolute Gasteiger partial charge is 0.497 e. The molecule has 0 saturated carbocycles. The van der Waals surface area contributed by atoms with Crippen molar-refractivity contribution >= 4 is 21.6 Å². The molecule has 0 radical (unpaired) electrons. The Morgan fingerprint density at radius 3 is 2.81 bits per heavy atom. The summed E-state index contributed by atoms with van der Waals surface area (Å²) in [6.45, 7) is 1.59. The Labute approximate surface area is 160 Å². The van der Waals surface area contributed by atoms with Gasteiger partial charge in [0.05, 0.1) is 25.4 Å². The Morgan fingerprint density at radius 2 is 2.15 bits per heavy atom. The van der Waals surface area contributed by atoms with Crippen LogP contribution in [0.15, 0.2) is 43.0 Å². The number of nitrogens with one attached hydrogen (secondary N) is 1. The molecular weight excluding hydrogens is 368 g/mol. The Morgan fingerprint density at radius 1 is 1.33 bits per heavy atom. The fourth-order valence-corrected chi connectivity index (χ4v) is 3.59. The highest BCUT2D eigenvalue weighted by molar-refractivity contribution is 7.92. The molecule has 0 saturated heterocycles. The number of ether oxygens (including phenoxy) is 1. The molecule has 1 aromatic carbocycles. The average Bonchev–Trinajstić information content (AvgIpc) is 3.15. The minimum atomic E-state index is -3.45. The maximum Gasteiger partial charge on any atom is 0.232 e. The molecule has 1 amide bonds. The smallest absolute Gasteiger partial charge is 0.232 e. The van der Waals surface area contributed by atoms with E-state index in [1.807, 2.05) is 10.8 Å². The summed E-state index contributed by atoms with van der Waals surface area (Å²) >= 11 is 0. The highest BCUT2D eigenvalue weighted by Gasteiger charge is 2.18. The first-order chi connectivity index (χ1) is 12.9. The van der Waals surface area contributed by atoms with Gasteiger partial charge in [-0.05, 0) is 25.0 Å². The van der Waals surface area contributed by atoms with Gasteiger partial charge in [0.15, 0.2) is 0 Å². The second-order valence-corrected chi connectivity index (χ2v) is 8.05. The van der Waals surface area contributed by atoms with Gasteiger partial charge in [0.25, 0.3) is 0 Å². The van der Waals surface area contributed by atoms with E-state index in [-0.39, 0.29) is 18.9 Å². The van der Waals surface area contributed by atoms with Crippen LogP contribution in [0.4, 0.5) is 5.69 Å². The number of methoxy groups -OCH3 is 1. The summed E-state index contributed by atoms with van der Waals surface area (Å²) in [7, 11) is -1.92. The summed E-state index contributed by atoms with van der Waals surface area (Å²) < 4.78 is 32.6. The molecule has 0 atom stereocenters. The fraction of sp³-hybridized carbons (Fsp3) is 0.444. The number of imidazole rings is 1.